The molecule has 0 unspecified atom stereocenters. The Morgan fingerprint density at radius 3 is 2.79 bits per heavy atom. The van der Waals surface area contributed by atoms with E-state index in [1.165, 1.54) is 0 Å². The highest BCUT2D eigenvalue weighted by molar-refractivity contribution is 5.94. The van der Waals surface area contributed by atoms with Gasteiger partial charge in [-0.05, 0) is 30.3 Å². The largest absolute Gasteiger partial charge is 0.351 e. The van der Waals surface area contributed by atoms with Crippen molar-refractivity contribution >= 4 is 11.7 Å². The van der Waals surface area contributed by atoms with E-state index in [9.17, 15) is 4.79 Å². The van der Waals surface area contributed by atoms with Crippen molar-refractivity contribution in [2.24, 2.45) is 0 Å². The molecule has 0 bridgehead atoms. The second-order valence-electron chi connectivity index (χ2n) is 5.64. The average molecular weight is 318 g/mol. The molecule has 5 heteroatoms. The van der Waals surface area contributed by atoms with Crippen LogP contribution in [0.25, 0.3) is 0 Å². The summed E-state index contributed by atoms with van der Waals surface area (Å²) in [5, 5.41) is 8.88. The minimum absolute atomic E-state index is 0.0326. The topological polar surface area (TPSA) is 60.2 Å². The van der Waals surface area contributed by atoms with Crippen LogP contribution in [0.5, 0.6) is 0 Å². The molecule has 120 valence electrons. The van der Waals surface area contributed by atoms with E-state index in [2.05, 4.69) is 22.5 Å². The lowest BCUT2D eigenvalue weighted by Gasteiger charge is -2.22. The molecule has 0 saturated carbocycles. The summed E-state index contributed by atoms with van der Waals surface area (Å²) in [7, 11) is 0. The van der Waals surface area contributed by atoms with E-state index < -0.39 is 0 Å². The van der Waals surface area contributed by atoms with E-state index in [0.717, 1.165) is 11.4 Å². The van der Waals surface area contributed by atoms with Crippen LogP contribution in [0.3, 0.4) is 0 Å². The molecule has 0 N–H and O–H groups in total. The van der Waals surface area contributed by atoms with Gasteiger partial charge in [0, 0.05) is 43.5 Å². The maximum absolute atomic E-state index is 12.8. The van der Waals surface area contributed by atoms with Crippen LogP contribution in [0.1, 0.15) is 21.5 Å². The van der Waals surface area contributed by atoms with Crippen LogP contribution in [0.15, 0.2) is 55.3 Å². The van der Waals surface area contributed by atoms with Gasteiger partial charge in [0.25, 0.3) is 5.91 Å². The van der Waals surface area contributed by atoms with Crippen molar-refractivity contribution in [1.29, 1.82) is 5.26 Å². The molecule has 2 heterocycles. The van der Waals surface area contributed by atoms with Gasteiger partial charge in [0.1, 0.15) is 5.82 Å². The first-order valence-electron chi connectivity index (χ1n) is 7.82. The molecule has 0 fully saturated rings. The first-order chi connectivity index (χ1) is 11.7. The zero-order valence-electron chi connectivity index (χ0n) is 13.4. The summed E-state index contributed by atoms with van der Waals surface area (Å²) in [6, 6.07) is 12.7. The third-order valence-electron chi connectivity index (χ3n) is 4.07. The number of hydrogen-bond donors (Lipinski definition) is 0. The number of aromatic nitrogens is 1. The first kappa shape index (κ1) is 15.8. The molecule has 0 atom stereocenters. The summed E-state index contributed by atoms with van der Waals surface area (Å²) in [5.74, 6) is 0.877. The number of carbonyl (C=O) groups excluding carboxylic acids is 1. The molecule has 0 saturated heterocycles. The minimum Gasteiger partial charge on any atom is -0.351 e. The Balaban J connectivity index is 1.86. The Labute approximate surface area is 141 Å². The van der Waals surface area contributed by atoms with Gasteiger partial charge >= 0.3 is 0 Å². The SMILES string of the molecule is C=CCN1CCN(C(=O)c2ccc(C#N)cc2)Cc2cccnc21. The van der Waals surface area contributed by atoms with Crippen LogP contribution in [-0.4, -0.2) is 35.4 Å². The number of fused-ring (bicyclic) bond motifs is 1. The van der Waals surface area contributed by atoms with Crippen LogP contribution in [0, 0.1) is 11.3 Å². The zero-order valence-corrected chi connectivity index (χ0v) is 13.4. The second-order valence-corrected chi connectivity index (χ2v) is 5.64. The van der Waals surface area contributed by atoms with Crippen molar-refractivity contribution in [3.63, 3.8) is 0 Å². The quantitative estimate of drug-likeness (QED) is 0.816. The van der Waals surface area contributed by atoms with E-state index in [4.69, 9.17) is 5.26 Å². The number of anilines is 1. The van der Waals surface area contributed by atoms with Gasteiger partial charge in [-0.25, -0.2) is 4.98 Å². The number of nitriles is 1. The molecule has 24 heavy (non-hydrogen) atoms. The fourth-order valence-electron chi connectivity index (χ4n) is 2.85. The predicted molar refractivity (Wildman–Crippen MR) is 92.5 cm³/mol. The summed E-state index contributed by atoms with van der Waals surface area (Å²) >= 11 is 0. The normalized spacial score (nSPS) is 13.6. The molecule has 1 aromatic carbocycles. The van der Waals surface area contributed by atoms with Gasteiger partial charge in [0.15, 0.2) is 0 Å². The van der Waals surface area contributed by atoms with Crippen LogP contribution in [-0.2, 0) is 6.54 Å². The van der Waals surface area contributed by atoms with Crippen molar-refractivity contribution in [3.8, 4) is 6.07 Å². The fraction of sp³-hybridized carbons (Fsp3) is 0.211. The number of carbonyl (C=O) groups is 1. The van der Waals surface area contributed by atoms with E-state index in [1.807, 2.05) is 23.1 Å². The van der Waals surface area contributed by atoms with E-state index >= 15 is 0 Å². The Morgan fingerprint density at radius 1 is 1.29 bits per heavy atom. The molecule has 2 aromatic rings. The van der Waals surface area contributed by atoms with Gasteiger partial charge in [-0.2, -0.15) is 5.26 Å². The van der Waals surface area contributed by atoms with Crippen molar-refractivity contribution in [1.82, 2.24) is 9.88 Å². The highest BCUT2D eigenvalue weighted by Crippen LogP contribution is 2.23. The lowest BCUT2D eigenvalue weighted by atomic mass is 10.1. The molecule has 0 spiro atoms. The lowest BCUT2D eigenvalue weighted by molar-refractivity contribution is 0.0751. The van der Waals surface area contributed by atoms with Crippen molar-refractivity contribution in [3.05, 3.63) is 71.9 Å². The summed E-state index contributed by atoms with van der Waals surface area (Å²) in [4.78, 5) is 21.2. The Morgan fingerprint density at radius 2 is 2.08 bits per heavy atom. The van der Waals surface area contributed by atoms with Crippen molar-refractivity contribution in [2.75, 3.05) is 24.5 Å². The third-order valence-corrected chi connectivity index (χ3v) is 4.07. The van der Waals surface area contributed by atoms with E-state index in [1.54, 1.807) is 30.5 Å². The summed E-state index contributed by atoms with van der Waals surface area (Å²) in [6.45, 7) is 6.34. The summed E-state index contributed by atoms with van der Waals surface area (Å²) < 4.78 is 0. The molecule has 0 radical (unpaired) electrons. The molecular formula is C19H18N4O. The number of hydrogen-bond acceptors (Lipinski definition) is 4. The fourth-order valence-corrected chi connectivity index (χ4v) is 2.85. The predicted octanol–water partition coefficient (Wildman–Crippen LogP) is 2.60. The number of benzene rings is 1. The Hall–Kier alpha value is -3.13. The van der Waals surface area contributed by atoms with Crippen LogP contribution in [0.2, 0.25) is 0 Å². The molecule has 0 aliphatic carbocycles. The van der Waals surface area contributed by atoms with Crippen LogP contribution in [0.4, 0.5) is 5.82 Å². The molecule has 1 aliphatic rings. The van der Waals surface area contributed by atoms with Gasteiger partial charge in [-0.15, -0.1) is 6.58 Å². The Bertz CT molecular complexity index is 792. The van der Waals surface area contributed by atoms with E-state index in [0.29, 0.717) is 37.3 Å². The van der Waals surface area contributed by atoms with Crippen molar-refractivity contribution < 1.29 is 4.79 Å². The van der Waals surface area contributed by atoms with Crippen molar-refractivity contribution in [2.45, 2.75) is 6.54 Å². The lowest BCUT2D eigenvalue weighted by Crippen LogP contribution is -2.35. The number of pyridine rings is 1. The first-order valence-corrected chi connectivity index (χ1v) is 7.82. The van der Waals surface area contributed by atoms with Crippen LogP contribution < -0.4 is 4.90 Å². The number of amides is 1. The van der Waals surface area contributed by atoms with E-state index in [-0.39, 0.29) is 5.91 Å². The summed E-state index contributed by atoms with van der Waals surface area (Å²) in [6.07, 6.45) is 3.61. The highest BCUT2D eigenvalue weighted by atomic mass is 16.2. The smallest absolute Gasteiger partial charge is 0.254 e. The molecular weight excluding hydrogens is 300 g/mol. The maximum atomic E-state index is 12.8. The standard InChI is InChI=1S/C19H18N4O/c1-2-10-22-11-12-23(14-17-4-3-9-21-18(17)22)19(24)16-7-5-15(13-20)6-8-16/h2-9H,1,10-12,14H2. The minimum atomic E-state index is -0.0326. The van der Waals surface area contributed by atoms with Gasteiger partial charge < -0.3 is 9.80 Å². The Kier molecular flexibility index (Phi) is 4.57. The molecule has 5 nitrogen and oxygen atoms in total. The monoisotopic (exact) mass is 318 g/mol. The number of rotatable bonds is 3. The summed E-state index contributed by atoms with van der Waals surface area (Å²) in [5.41, 5.74) is 2.17. The highest BCUT2D eigenvalue weighted by Gasteiger charge is 2.23. The number of nitrogens with zero attached hydrogens (tertiary/aromatic N) is 4. The van der Waals surface area contributed by atoms with Gasteiger partial charge in [0.2, 0.25) is 0 Å². The zero-order chi connectivity index (χ0) is 16.9. The van der Waals surface area contributed by atoms with Crippen LogP contribution >= 0.6 is 0 Å². The van der Waals surface area contributed by atoms with Gasteiger partial charge in [0.05, 0.1) is 11.6 Å². The molecule has 1 aromatic heterocycles. The van der Waals surface area contributed by atoms with Gasteiger partial charge in [-0.1, -0.05) is 12.1 Å². The second kappa shape index (κ2) is 6.97. The average Bonchev–Trinajstić information content (AvgIpc) is 2.81. The molecule has 3 rings (SSSR count). The van der Waals surface area contributed by atoms with Gasteiger partial charge in [-0.3, -0.25) is 4.79 Å². The maximum Gasteiger partial charge on any atom is 0.254 e. The third kappa shape index (κ3) is 3.13. The molecule has 1 amide bonds. The molecule has 1 aliphatic heterocycles.